The zero-order chi connectivity index (χ0) is 15.9. The van der Waals surface area contributed by atoms with Crippen molar-refractivity contribution in [1.82, 2.24) is 10.3 Å². The number of aromatic nitrogens is 1. The molecule has 2 N–H and O–H groups in total. The van der Waals surface area contributed by atoms with Crippen molar-refractivity contribution in [2.45, 2.75) is 44.4 Å². The van der Waals surface area contributed by atoms with Crippen LogP contribution in [0.5, 0.6) is 0 Å². The van der Waals surface area contributed by atoms with Crippen LogP contribution in [0, 0.1) is 11.3 Å². The van der Waals surface area contributed by atoms with Crippen molar-refractivity contribution in [3.05, 3.63) is 35.5 Å². The number of halogens is 1. The maximum absolute atomic E-state index is 12.7. The van der Waals surface area contributed by atoms with Gasteiger partial charge in [-0.3, -0.25) is 4.79 Å². The van der Waals surface area contributed by atoms with Crippen molar-refractivity contribution in [3.63, 3.8) is 0 Å². The normalized spacial score (nSPS) is 26.6. The molecule has 0 aliphatic heterocycles. The second kappa shape index (κ2) is 5.86. The third-order valence-electron chi connectivity index (χ3n) is 6.02. The Hall–Kier alpha value is -1.48. The van der Waals surface area contributed by atoms with Gasteiger partial charge in [0, 0.05) is 29.5 Å². The van der Waals surface area contributed by atoms with Gasteiger partial charge in [-0.15, -0.1) is 11.6 Å². The molecule has 0 atom stereocenters. The number of benzene rings is 1. The fourth-order valence-corrected chi connectivity index (χ4v) is 4.57. The molecule has 1 amide bonds. The van der Waals surface area contributed by atoms with Gasteiger partial charge in [-0.05, 0) is 67.6 Å². The Labute approximate surface area is 141 Å². The predicted molar refractivity (Wildman–Crippen MR) is 93.8 cm³/mol. The molecule has 2 aromatic rings. The predicted octanol–water partition coefficient (Wildman–Crippen LogP) is 4.61. The maximum Gasteiger partial charge on any atom is 0.253 e. The molecular formula is C19H23ClN2O. The molecule has 5 rings (SSSR count). The van der Waals surface area contributed by atoms with Crippen LogP contribution in [-0.4, -0.2) is 17.4 Å². The first kappa shape index (κ1) is 15.1. The Morgan fingerprint density at radius 1 is 1.26 bits per heavy atom. The number of hydrogen-bond acceptors (Lipinski definition) is 1. The summed E-state index contributed by atoms with van der Waals surface area (Å²) in [6.07, 6.45) is 9.70. The summed E-state index contributed by atoms with van der Waals surface area (Å²) in [7, 11) is 0. The van der Waals surface area contributed by atoms with E-state index in [-0.39, 0.29) is 5.91 Å². The monoisotopic (exact) mass is 330 g/mol. The quantitative estimate of drug-likeness (QED) is 0.790. The van der Waals surface area contributed by atoms with E-state index in [2.05, 4.69) is 10.3 Å². The molecule has 3 fully saturated rings. The minimum Gasteiger partial charge on any atom is -0.360 e. The highest BCUT2D eigenvalue weighted by atomic mass is 35.5. The molecule has 3 saturated carbocycles. The first-order valence-electron chi connectivity index (χ1n) is 8.63. The van der Waals surface area contributed by atoms with E-state index in [1.54, 1.807) is 0 Å². The average Bonchev–Trinajstić information content (AvgIpc) is 3.04. The van der Waals surface area contributed by atoms with Gasteiger partial charge in [0.2, 0.25) is 0 Å². The topological polar surface area (TPSA) is 44.9 Å². The second-order valence-electron chi connectivity index (χ2n) is 7.38. The molecule has 3 aliphatic carbocycles. The largest absolute Gasteiger partial charge is 0.360 e. The summed E-state index contributed by atoms with van der Waals surface area (Å²) in [6.45, 7) is 0.820. The Morgan fingerprint density at radius 3 is 2.70 bits per heavy atom. The number of alkyl halides is 1. The van der Waals surface area contributed by atoms with Crippen LogP contribution in [0.2, 0.25) is 0 Å². The van der Waals surface area contributed by atoms with Gasteiger partial charge >= 0.3 is 0 Å². The molecule has 0 saturated heterocycles. The second-order valence-corrected chi connectivity index (χ2v) is 7.65. The van der Waals surface area contributed by atoms with E-state index in [4.69, 9.17) is 11.6 Å². The standard InChI is InChI=1S/C19H23ClN2O/c20-10-14-1-2-17-15(9-14)16(11-21-17)18(23)22-12-19-6-3-13(4-7-19)5-8-19/h1-2,9,11,13,21H,3-8,10,12H2,(H,22,23). The molecule has 0 unspecified atom stereocenters. The Balaban J connectivity index is 1.51. The fourth-order valence-electron chi connectivity index (χ4n) is 4.41. The summed E-state index contributed by atoms with van der Waals surface area (Å²) in [4.78, 5) is 15.9. The minimum absolute atomic E-state index is 0.0324. The van der Waals surface area contributed by atoms with Crippen molar-refractivity contribution < 1.29 is 4.79 Å². The van der Waals surface area contributed by atoms with Gasteiger partial charge in [0.25, 0.3) is 5.91 Å². The Kier molecular flexibility index (Phi) is 3.84. The van der Waals surface area contributed by atoms with Gasteiger partial charge < -0.3 is 10.3 Å². The third-order valence-corrected chi connectivity index (χ3v) is 6.33. The van der Waals surface area contributed by atoms with Crippen LogP contribution >= 0.6 is 11.6 Å². The van der Waals surface area contributed by atoms with Crippen molar-refractivity contribution >= 4 is 28.4 Å². The Morgan fingerprint density at radius 2 is 2.00 bits per heavy atom. The SMILES string of the molecule is O=C(NCC12CCC(CC1)CC2)c1c[nH]c2ccc(CCl)cc12. The zero-order valence-corrected chi connectivity index (χ0v) is 14.1. The van der Waals surface area contributed by atoms with Crippen molar-refractivity contribution in [1.29, 1.82) is 0 Å². The number of H-pyrrole nitrogens is 1. The minimum atomic E-state index is 0.0324. The zero-order valence-electron chi connectivity index (χ0n) is 13.3. The lowest BCUT2D eigenvalue weighted by Crippen LogP contribution is -2.43. The molecule has 4 heteroatoms. The van der Waals surface area contributed by atoms with Gasteiger partial charge in [-0.25, -0.2) is 0 Å². The summed E-state index contributed by atoms with van der Waals surface area (Å²) in [6, 6.07) is 6.00. The number of rotatable bonds is 4. The highest BCUT2D eigenvalue weighted by Gasteiger charge is 2.40. The number of amides is 1. The highest BCUT2D eigenvalue weighted by Crippen LogP contribution is 2.49. The molecule has 0 spiro atoms. The fraction of sp³-hybridized carbons (Fsp3) is 0.526. The van der Waals surface area contributed by atoms with Crippen LogP contribution in [-0.2, 0) is 5.88 Å². The van der Waals surface area contributed by atoms with Crippen molar-refractivity contribution in [2.75, 3.05) is 6.54 Å². The first-order valence-corrected chi connectivity index (χ1v) is 9.17. The first-order chi connectivity index (χ1) is 11.2. The van der Waals surface area contributed by atoms with E-state index in [0.29, 0.717) is 11.3 Å². The summed E-state index contributed by atoms with van der Waals surface area (Å²) < 4.78 is 0. The van der Waals surface area contributed by atoms with Gasteiger partial charge in [0.15, 0.2) is 0 Å². The summed E-state index contributed by atoms with van der Waals surface area (Å²) >= 11 is 5.92. The van der Waals surface area contributed by atoms with Gasteiger partial charge in [0.05, 0.1) is 5.56 Å². The lowest BCUT2D eigenvalue weighted by Gasteiger charge is -2.46. The van der Waals surface area contributed by atoms with Gasteiger partial charge in [0.1, 0.15) is 0 Å². The molecule has 3 nitrogen and oxygen atoms in total. The summed E-state index contributed by atoms with van der Waals surface area (Å²) in [5.41, 5.74) is 3.11. The lowest BCUT2D eigenvalue weighted by molar-refractivity contribution is 0.0598. The van der Waals surface area contributed by atoms with Crippen LogP contribution in [0.1, 0.15) is 54.4 Å². The highest BCUT2D eigenvalue weighted by molar-refractivity contribution is 6.17. The molecular weight excluding hydrogens is 308 g/mol. The van der Waals surface area contributed by atoms with Gasteiger partial charge in [-0.2, -0.15) is 0 Å². The number of hydrogen-bond donors (Lipinski definition) is 2. The van der Waals surface area contributed by atoms with E-state index in [0.717, 1.165) is 34.5 Å². The smallest absolute Gasteiger partial charge is 0.253 e. The maximum atomic E-state index is 12.7. The van der Waals surface area contributed by atoms with E-state index >= 15 is 0 Å². The third kappa shape index (κ3) is 2.76. The molecule has 23 heavy (non-hydrogen) atoms. The molecule has 1 heterocycles. The van der Waals surface area contributed by atoms with E-state index < -0.39 is 0 Å². The molecule has 2 bridgehead atoms. The Bertz CT molecular complexity index is 714. The van der Waals surface area contributed by atoms with E-state index in [1.165, 1.54) is 38.5 Å². The number of aromatic amines is 1. The molecule has 0 radical (unpaired) electrons. The van der Waals surface area contributed by atoms with Crippen LogP contribution in [0.15, 0.2) is 24.4 Å². The number of carbonyl (C=O) groups is 1. The van der Waals surface area contributed by atoms with E-state index in [1.807, 2.05) is 24.4 Å². The van der Waals surface area contributed by atoms with Crippen LogP contribution in [0.25, 0.3) is 10.9 Å². The molecule has 1 aromatic carbocycles. The number of nitrogens with one attached hydrogen (secondary N) is 2. The summed E-state index contributed by atoms with van der Waals surface area (Å²) in [5, 5.41) is 4.17. The molecule has 122 valence electrons. The molecule has 1 aromatic heterocycles. The van der Waals surface area contributed by atoms with Crippen molar-refractivity contribution in [3.8, 4) is 0 Å². The van der Waals surface area contributed by atoms with Crippen molar-refractivity contribution in [2.24, 2.45) is 11.3 Å². The van der Waals surface area contributed by atoms with Crippen LogP contribution in [0.3, 0.4) is 0 Å². The number of carbonyl (C=O) groups excluding carboxylic acids is 1. The van der Waals surface area contributed by atoms with Gasteiger partial charge in [-0.1, -0.05) is 6.07 Å². The van der Waals surface area contributed by atoms with Crippen LogP contribution in [0.4, 0.5) is 0 Å². The molecule has 3 aliphatic rings. The lowest BCUT2D eigenvalue weighted by atomic mass is 9.61. The van der Waals surface area contributed by atoms with E-state index in [9.17, 15) is 4.79 Å². The summed E-state index contributed by atoms with van der Waals surface area (Å²) in [5.74, 6) is 1.45. The average molecular weight is 331 g/mol. The number of fused-ring (bicyclic) bond motifs is 4. The van der Waals surface area contributed by atoms with Crippen LogP contribution < -0.4 is 5.32 Å².